The van der Waals surface area contributed by atoms with Gasteiger partial charge < -0.3 is 10.0 Å². The Morgan fingerprint density at radius 3 is 2.17 bits per heavy atom. The molecule has 4 nitrogen and oxygen atoms in total. The van der Waals surface area contributed by atoms with Gasteiger partial charge in [0.25, 0.3) is 0 Å². The molecule has 0 saturated carbocycles. The van der Waals surface area contributed by atoms with E-state index in [0.29, 0.717) is 6.54 Å². The molecular formula is C14H28N2O2. The van der Waals surface area contributed by atoms with E-state index in [-0.39, 0.29) is 24.6 Å². The van der Waals surface area contributed by atoms with Gasteiger partial charge in [0.2, 0.25) is 5.91 Å². The zero-order valence-electron chi connectivity index (χ0n) is 12.1. The second kappa shape index (κ2) is 7.74. The molecule has 1 amide bonds. The normalized spacial score (nSPS) is 19.1. The van der Waals surface area contributed by atoms with Crippen LogP contribution in [-0.4, -0.2) is 59.1 Å². The lowest BCUT2D eigenvalue weighted by Crippen LogP contribution is -2.50. The van der Waals surface area contributed by atoms with Crippen molar-refractivity contribution in [2.75, 3.05) is 26.2 Å². The summed E-state index contributed by atoms with van der Waals surface area (Å²) in [5.74, 6) is 0.221. The monoisotopic (exact) mass is 256 g/mol. The van der Waals surface area contributed by atoms with Crippen LogP contribution in [0.4, 0.5) is 0 Å². The van der Waals surface area contributed by atoms with Gasteiger partial charge in [-0.1, -0.05) is 12.8 Å². The largest absolute Gasteiger partial charge is 0.395 e. The molecule has 1 aliphatic rings. The average molecular weight is 256 g/mol. The van der Waals surface area contributed by atoms with E-state index < -0.39 is 0 Å². The van der Waals surface area contributed by atoms with Crippen LogP contribution >= 0.6 is 0 Å². The third-order valence-corrected chi connectivity index (χ3v) is 3.79. The van der Waals surface area contributed by atoms with Crippen LogP contribution in [0.3, 0.4) is 0 Å². The molecule has 0 aromatic carbocycles. The Labute approximate surface area is 111 Å². The first-order valence-electron chi connectivity index (χ1n) is 7.23. The smallest absolute Gasteiger partial charge is 0.239 e. The first-order valence-corrected chi connectivity index (χ1v) is 7.23. The predicted molar refractivity (Wildman–Crippen MR) is 73.4 cm³/mol. The molecule has 1 rings (SSSR count). The maximum absolute atomic E-state index is 12.5. The topological polar surface area (TPSA) is 43.8 Å². The van der Waals surface area contributed by atoms with Gasteiger partial charge in [0.15, 0.2) is 0 Å². The number of hydrogen-bond acceptors (Lipinski definition) is 3. The molecule has 18 heavy (non-hydrogen) atoms. The third kappa shape index (κ3) is 4.25. The molecule has 0 bridgehead atoms. The number of likely N-dealkylation sites (tertiary alicyclic amines) is 1. The fourth-order valence-corrected chi connectivity index (χ4v) is 2.71. The van der Waals surface area contributed by atoms with Crippen LogP contribution in [0, 0.1) is 0 Å². The lowest BCUT2D eigenvalue weighted by atomic mass is 10.2. The first kappa shape index (κ1) is 15.4. The average Bonchev–Trinajstić information content (AvgIpc) is 2.62. The highest BCUT2D eigenvalue weighted by molar-refractivity contribution is 5.81. The van der Waals surface area contributed by atoms with Crippen molar-refractivity contribution < 1.29 is 9.90 Å². The van der Waals surface area contributed by atoms with Crippen LogP contribution in [0.25, 0.3) is 0 Å². The van der Waals surface area contributed by atoms with Crippen LogP contribution in [0.1, 0.15) is 46.5 Å². The Morgan fingerprint density at radius 2 is 1.72 bits per heavy atom. The number of carbonyl (C=O) groups excluding carboxylic acids is 1. The quantitative estimate of drug-likeness (QED) is 0.810. The molecule has 1 saturated heterocycles. The predicted octanol–water partition coefficient (Wildman–Crippen LogP) is 1.48. The van der Waals surface area contributed by atoms with E-state index in [1.165, 1.54) is 12.8 Å². The summed E-state index contributed by atoms with van der Waals surface area (Å²) in [6.07, 6.45) is 4.73. The van der Waals surface area contributed by atoms with Crippen LogP contribution < -0.4 is 0 Å². The number of nitrogens with zero attached hydrogens (tertiary/aromatic N) is 2. The van der Waals surface area contributed by atoms with E-state index >= 15 is 0 Å². The summed E-state index contributed by atoms with van der Waals surface area (Å²) >= 11 is 0. The Hall–Kier alpha value is -0.610. The van der Waals surface area contributed by atoms with Crippen molar-refractivity contribution in [2.24, 2.45) is 0 Å². The maximum Gasteiger partial charge on any atom is 0.239 e. The van der Waals surface area contributed by atoms with E-state index in [2.05, 4.69) is 18.7 Å². The number of amides is 1. The van der Waals surface area contributed by atoms with E-state index in [0.717, 1.165) is 25.9 Å². The Kier molecular flexibility index (Phi) is 6.65. The summed E-state index contributed by atoms with van der Waals surface area (Å²) in [6.45, 7) is 8.57. The van der Waals surface area contributed by atoms with Gasteiger partial charge in [0.1, 0.15) is 0 Å². The number of rotatable bonds is 5. The second-order valence-corrected chi connectivity index (χ2v) is 5.47. The molecule has 1 unspecified atom stereocenters. The van der Waals surface area contributed by atoms with E-state index in [4.69, 9.17) is 5.11 Å². The highest BCUT2D eigenvalue weighted by atomic mass is 16.3. The number of aliphatic hydroxyl groups is 1. The van der Waals surface area contributed by atoms with Crippen LogP contribution in [0.2, 0.25) is 0 Å². The maximum atomic E-state index is 12.5. The Bertz CT molecular complexity index is 248. The van der Waals surface area contributed by atoms with Crippen LogP contribution in [-0.2, 0) is 4.79 Å². The fraction of sp³-hybridized carbons (Fsp3) is 0.929. The van der Waals surface area contributed by atoms with E-state index in [9.17, 15) is 4.79 Å². The minimum absolute atomic E-state index is 0.107. The highest BCUT2D eigenvalue weighted by Gasteiger charge is 2.27. The highest BCUT2D eigenvalue weighted by Crippen LogP contribution is 2.14. The summed E-state index contributed by atoms with van der Waals surface area (Å²) < 4.78 is 0. The van der Waals surface area contributed by atoms with Gasteiger partial charge in [-0.25, -0.2) is 0 Å². The van der Waals surface area contributed by atoms with Crippen molar-refractivity contribution in [1.82, 2.24) is 9.80 Å². The van der Waals surface area contributed by atoms with Gasteiger partial charge in [-0.15, -0.1) is 0 Å². The number of aliphatic hydroxyl groups excluding tert-OH is 1. The Morgan fingerprint density at radius 1 is 1.17 bits per heavy atom. The summed E-state index contributed by atoms with van der Waals surface area (Å²) in [4.78, 5) is 16.6. The zero-order valence-corrected chi connectivity index (χ0v) is 12.1. The van der Waals surface area contributed by atoms with Crippen molar-refractivity contribution in [2.45, 2.75) is 58.5 Å². The molecule has 1 heterocycles. The Balaban J connectivity index is 2.61. The standard InChI is InChI=1S/C14H28N2O2/c1-12(2)16(10-11-17)13(3)14(18)15-8-6-4-5-7-9-15/h12-13,17H,4-11H2,1-3H3. The zero-order chi connectivity index (χ0) is 13.5. The third-order valence-electron chi connectivity index (χ3n) is 3.79. The molecule has 1 fully saturated rings. The molecule has 1 N–H and O–H groups in total. The van der Waals surface area contributed by atoms with Crippen molar-refractivity contribution in [1.29, 1.82) is 0 Å². The molecule has 1 aliphatic heterocycles. The number of hydrogen-bond donors (Lipinski definition) is 1. The lowest BCUT2D eigenvalue weighted by molar-refractivity contribution is -0.137. The molecular weight excluding hydrogens is 228 g/mol. The van der Waals surface area contributed by atoms with Crippen molar-refractivity contribution in [3.63, 3.8) is 0 Å². The number of carbonyl (C=O) groups is 1. The van der Waals surface area contributed by atoms with Crippen molar-refractivity contribution in [3.05, 3.63) is 0 Å². The summed E-state index contributed by atoms with van der Waals surface area (Å²) in [6, 6.07) is 0.151. The first-order chi connectivity index (χ1) is 8.57. The molecule has 0 radical (unpaired) electrons. The molecule has 1 atom stereocenters. The summed E-state index contributed by atoms with van der Waals surface area (Å²) in [7, 11) is 0. The van der Waals surface area contributed by atoms with Gasteiger partial charge in [-0.05, 0) is 33.6 Å². The second-order valence-electron chi connectivity index (χ2n) is 5.47. The van der Waals surface area contributed by atoms with E-state index in [1.807, 2.05) is 11.8 Å². The SMILES string of the molecule is CC(C)N(CCO)C(C)C(=O)N1CCCCCC1. The van der Waals surface area contributed by atoms with Gasteiger partial charge in [0, 0.05) is 25.7 Å². The van der Waals surface area contributed by atoms with Crippen molar-refractivity contribution in [3.8, 4) is 0 Å². The molecule has 0 spiro atoms. The molecule has 0 aromatic heterocycles. The summed E-state index contributed by atoms with van der Waals surface area (Å²) in [5, 5.41) is 9.10. The molecule has 0 aliphatic carbocycles. The lowest BCUT2D eigenvalue weighted by Gasteiger charge is -2.34. The van der Waals surface area contributed by atoms with Crippen molar-refractivity contribution >= 4 is 5.91 Å². The minimum Gasteiger partial charge on any atom is -0.395 e. The fourth-order valence-electron chi connectivity index (χ4n) is 2.71. The summed E-state index contributed by atoms with van der Waals surface area (Å²) in [5.41, 5.74) is 0. The molecule has 4 heteroatoms. The minimum atomic E-state index is -0.129. The molecule has 0 aromatic rings. The van der Waals surface area contributed by atoms with Gasteiger partial charge in [-0.2, -0.15) is 0 Å². The van der Waals surface area contributed by atoms with Crippen LogP contribution in [0.5, 0.6) is 0 Å². The van der Waals surface area contributed by atoms with Gasteiger partial charge >= 0.3 is 0 Å². The molecule has 106 valence electrons. The van der Waals surface area contributed by atoms with Gasteiger partial charge in [-0.3, -0.25) is 9.69 Å². The van der Waals surface area contributed by atoms with E-state index in [1.54, 1.807) is 0 Å². The van der Waals surface area contributed by atoms with Gasteiger partial charge in [0.05, 0.1) is 12.6 Å². The van der Waals surface area contributed by atoms with Crippen LogP contribution in [0.15, 0.2) is 0 Å².